The number of benzene rings is 3. The van der Waals surface area contributed by atoms with Gasteiger partial charge in [-0.25, -0.2) is 9.78 Å². The number of carbonyl (C=O) groups excluding carboxylic acids is 1. The SMILES string of the molecule is Cc1c(C(N)=O)c(=O)oc2cc3c(cc12)nc(Nc1cccc(Br)c1)n3CCOc1ccccc1. The number of fused-ring (bicyclic) bond motifs is 2. The predicted octanol–water partition coefficient (Wildman–Crippen LogP) is 5.14. The molecule has 3 aromatic carbocycles. The highest BCUT2D eigenvalue weighted by molar-refractivity contribution is 9.10. The van der Waals surface area contributed by atoms with Crippen LogP contribution in [0.1, 0.15) is 15.9 Å². The molecule has 1 amide bonds. The second-order valence-corrected chi connectivity index (χ2v) is 8.89. The van der Waals surface area contributed by atoms with Crippen molar-refractivity contribution in [1.29, 1.82) is 0 Å². The Hall–Kier alpha value is -4.11. The summed E-state index contributed by atoms with van der Waals surface area (Å²) < 4.78 is 14.3. The van der Waals surface area contributed by atoms with E-state index in [9.17, 15) is 9.59 Å². The smallest absolute Gasteiger partial charge is 0.349 e. The Labute approximate surface area is 208 Å². The molecule has 3 N–H and O–H groups in total. The number of primary amides is 1. The lowest BCUT2D eigenvalue weighted by molar-refractivity contribution is 0.0996. The first-order chi connectivity index (χ1) is 16.9. The van der Waals surface area contributed by atoms with Crippen molar-refractivity contribution in [3.8, 4) is 5.75 Å². The quantitative estimate of drug-likeness (QED) is 0.281. The number of imidazole rings is 1. The number of ether oxygens (including phenoxy) is 1. The number of carbonyl (C=O) groups is 1. The Kier molecular flexibility index (Phi) is 6.00. The summed E-state index contributed by atoms with van der Waals surface area (Å²) in [5.41, 5.74) is 7.58. The summed E-state index contributed by atoms with van der Waals surface area (Å²) in [7, 11) is 0. The number of nitrogens with one attached hydrogen (secondary N) is 1. The largest absolute Gasteiger partial charge is 0.492 e. The molecule has 0 aliphatic carbocycles. The summed E-state index contributed by atoms with van der Waals surface area (Å²) in [6.07, 6.45) is 0. The highest BCUT2D eigenvalue weighted by Gasteiger charge is 2.19. The van der Waals surface area contributed by atoms with Crippen LogP contribution in [0.2, 0.25) is 0 Å². The van der Waals surface area contributed by atoms with Crippen LogP contribution in [0.5, 0.6) is 5.75 Å². The molecule has 0 aliphatic rings. The first-order valence-corrected chi connectivity index (χ1v) is 11.7. The Morgan fingerprint density at radius 2 is 1.94 bits per heavy atom. The molecule has 5 aromatic rings. The third kappa shape index (κ3) is 4.50. The highest BCUT2D eigenvalue weighted by Crippen LogP contribution is 2.29. The van der Waals surface area contributed by atoms with Crippen LogP contribution in [0, 0.1) is 6.92 Å². The number of hydrogen-bond donors (Lipinski definition) is 2. The van der Waals surface area contributed by atoms with Gasteiger partial charge in [0.1, 0.15) is 23.5 Å². The minimum Gasteiger partial charge on any atom is -0.492 e. The Bertz CT molecular complexity index is 1630. The number of nitrogens with two attached hydrogens (primary N) is 1. The fourth-order valence-corrected chi connectivity index (χ4v) is 4.44. The molecule has 8 nitrogen and oxygen atoms in total. The van der Waals surface area contributed by atoms with Gasteiger partial charge in [0, 0.05) is 21.6 Å². The Morgan fingerprint density at radius 3 is 2.69 bits per heavy atom. The van der Waals surface area contributed by atoms with Gasteiger partial charge in [0.25, 0.3) is 5.91 Å². The molecule has 5 rings (SSSR count). The average molecular weight is 533 g/mol. The van der Waals surface area contributed by atoms with Gasteiger partial charge < -0.3 is 24.8 Å². The van der Waals surface area contributed by atoms with Gasteiger partial charge in [-0.3, -0.25) is 4.79 Å². The van der Waals surface area contributed by atoms with E-state index in [0.717, 1.165) is 21.4 Å². The van der Waals surface area contributed by atoms with Crippen molar-refractivity contribution in [2.24, 2.45) is 5.73 Å². The number of halogens is 1. The number of rotatable bonds is 7. The number of aryl methyl sites for hydroxylation is 1. The van der Waals surface area contributed by atoms with Crippen molar-refractivity contribution >= 4 is 55.5 Å². The molecule has 0 atom stereocenters. The van der Waals surface area contributed by atoms with Crippen LogP contribution < -0.4 is 21.4 Å². The van der Waals surface area contributed by atoms with Gasteiger partial charge >= 0.3 is 5.63 Å². The molecule has 176 valence electrons. The van der Waals surface area contributed by atoms with E-state index in [-0.39, 0.29) is 5.56 Å². The number of para-hydroxylation sites is 1. The van der Waals surface area contributed by atoms with E-state index in [2.05, 4.69) is 21.2 Å². The van der Waals surface area contributed by atoms with Crippen LogP contribution in [0.15, 0.2) is 80.4 Å². The van der Waals surface area contributed by atoms with Gasteiger partial charge in [-0.2, -0.15) is 0 Å². The lowest BCUT2D eigenvalue weighted by Crippen LogP contribution is -2.22. The van der Waals surface area contributed by atoms with Crippen molar-refractivity contribution in [3.63, 3.8) is 0 Å². The fraction of sp³-hybridized carbons (Fsp3) is 0.115. The normalized spacial score (nSPS) is 11.1. The van der Waals surface area contributed by atoms with E-state index < -0.39 is 11.5 Å². The van der Waals surface area contributed by atoms with E-state index in [1.54, 1.807) is 19.1 Å². The summed E-state index contributed by atoms with van der Waals surface area (Å²) in [4.78, 5) is 29.0. The van der Waals surface area contributed by atoms with E-state index in [0.29, 0.717) is 41.1 Å². The van der Waals surface area contributed by atoms with Crippen molar-refractivity contribution < 1.29 is 13.9 Å². The molecule has 2 heterocycles. The second kappa shape index (κ2) is 9.27. The summed E-state index contributed by atoms with van der Waals surface area (Å²) in [5, 5.41) is 3.96. The van der Waals surface area contributed by atoms with Crippen LogP contribution in [-0.2, 0) is 6.54 Å². The summed E-state index contributed by atoms with van der Waals surface area (Å²) >= 11 is 3.49. The van der Waals surface area contributed by atoms with Crippen LogP contribution in [0.25, 0.3) is 22.0 Å². The summed E-state index contributed by atoms with van der Waals surface area (Å²) in [5.74, 6) is 0.545. The molecule has 35 heavy (non-hydrogen) atoms. The Balaban J connectivity index is 1.61. The zero-order valence-corrected chi connectivity index (χ0v) is 20.3. The highest BCUT2D eigenvalue weighted by atomic mass is 79.9. The number of aromatic nitrogens is 2. The maximum absolute atomic E-state index is 12.4. The van der Waals surface area contributed by atoms with E-state index in [1.165, 1.54) is 0 Å². The van der Waals surface area contributed by atoms with Gasteiger partial charge in [-0.05, 0) is 48.9 Å². The monoisotopic (exact) mass is 532 g/mol. The van der Waals surface area contributed by atoms with Crippen LogP contribution >= 0.6 is 15.9 Å². The summed E-state index contributed by atoms with van der Waals surface area (Å²) in [6.45, 7) is 2.55. The third-order valence-electron chi connectivity index (χ3n) is 5.69. The van der Waals surface area contributed by atoms with Crippen molar-refractivity contribution in [2.75, 3.05) is 11.9 Å². The molecule has 0 fully saturated rings. The van der Waals surface area contributed by atoms with Crippen LogP contribution in [0.3, 0.4) is 0 Å². The fourth-order valence-electron chi connectivity index (χ4n) is 4.04. The number of anilines is 2. The van der Waals surface area contributed by atoms with Crippen molar-refractivity contribution in [2.45, 2.75) is 13.5 Å². The average Bonchev–Trinajstić information content (AvgIpc) is 3.14. The third-order valence-corrected chi connectivity index (χ3v) is 6.18. The number of amides is 1. The maximum Gasteiger partial charge on any atom is 0.349 e. The first kappa shape index (κ1) is 22.7. The van der Waals surface area contributed by atoms with Gasteiger partial charge in [0.15, 0.2) is 0 Å². The van der Waals surface area contributed by atoms with Crippen LogP contribution in [0.4, 0.5) is 11.6 Å². The second-order valence-electron chi connectivity index (χ2n) is 7.97. The van der Waals surface area contributed by atoms with Gasteiger partial charge in [0.2, 0.25) is 5.95 Å². The predicted molar refractivity (Wildman–Crippen MR) is 138 cm³/mol. The lowest BCUT2D eigenvalue weighted by Gasteiger charge is -2.12. The molecule has 9 heteroatoms. The summed E-state index contributed by atoms with van der Waals surface area (Å²) in [6, 6.07) is 20.9. The molecule has 0 radical (unpaired) electrons. The van der Waals surface area contributed by atoms with Gasteiger partial charge in [0.05, 0.1) is 17.6 Å². The number of nitrogens with zero attached hydrogens (tertiary/aromatic N) is 2. The standard InChI is InChI=1S/C26H21BrN4O4/c1-15-19-13-20-21(14-22(19)35-25(33)23(15)24(28)32)31(10-11-34-18-8-3-2-4-9-18)26(30-20)29-17-7-5-6-16(27)12-17/h2-9,12-14H,10-11H2,1H3,(H2,28,32)(H,29,30). The van der Waals surface area contributed by atoms with Gasteiger partial charge in [-0.15, -0.1) is 0 Å². The molecule has 2 aromatic heterocycles. The van der Waals surface area contributed by atoms with Gasteiger partial charge in [-0.1, -0.05) is 40.2 Å². The topological polar surface area (TPSA) is 112 Å². The molecule has 0 bridgehead atoms. The first-order valence-electron chi connectivity index (χ1n) is 10.9. The molecule has 0 spiro atoms. The zero-order valence-electron chi connectivity index (χ0n) is 18.7. The van der Waals surface area contributed by atoms with E-state index in [1.807, 2.05) is 59.2 Å². The molecule has 0 saturated heterocycles. The van der Waals surface area contributed by atoms with E-state index in [4.69, 9.17) is 19.9 Å². The molecule has 0 aliphatic heterocycles. The Morgan fingerprint density at radius 1 is 1.14 bits per heavy atom. The zero-order chi connectivity index (χ0) is 24.5. The number of hydrogen-bond acceptors (Lipinski definition) is 6. The molecule has 0 saturated carbocycles. The minimum absolute atomic E-state index is 0.153. The molecular weight excluding hydrogens is 512 g/mol. The van der Waals surface area contributed by atoms with Crippen LogP contribution in [-0.4, -0.2) is 22.1 Å². The maximum atomic E-state index is 12.4. The van der Waals surface area contributed by atoms with Crippen molar-refractivity contribution in [1.82, 2.24) is 9.55 Å². The lowest BCUT2D eigenvalue weighted by atomic mass is 10.1. The molecular formula is C26H21BrN4O4. The minimum atomic E-state index is -0.821. The molecule has 0 unspecified atom stereocenters. The van der Waals surface area contributed by atoms with E-state index >= 15 is 0 Å². The van der Waals surface area contributed by atoms with Crippen molar-refractivity contribution in [3.05, 3.63) is 92.7 Å².